The molecule has 2 rings (SSSR count). The normalized spacial score (nSPS) is 26.1. The van der Waals surface area contributed by atoms with Crippen molar-refractivity contribution in [1.29, 1.82) is 0 Å². The quantitative estimate of drug-likeness (QED) is 0.896. The summed E-state index contributed by atoms with van der Waals surface area (Å²) in [4.78, 5) is 0. The van der Waals surface area contributed by atoms with E-state index in [2.05, 4.69) is 40.3 Å². The summed E-state index contributed by atoms with van der Waals surface area (Å²) in [7, 11) is 0. The van der Waals surface area contributed by atoms with Crippen molar-refractivity contribution in [2.45, 2.75) is 25.0 Å². The summed E-state index contributed by atoms with van der Waals surface area (Å²) in [5.41, 5.74) is 0.735. The highest BCUT2D eigenvalue weighted by atomic mass is 79.9. The summed E-state index contributed by atoms with van der Waals surface area (Å²) in [6.07, 6.45) is 0.899. The molecule has 0 amide bonds. The number of rotatable bonds is 4. The molecule has 2 unspecified atom stereocenters. The van der Waals surface area contributed by atoms with Crippen molar-refractivity contribution in [1.82, 2.24) is 5.32 Å². The Morgan fingerprint density at radius 1 is 1.59 bits per heavy atom. The number of hydrogen-bond donors (Lipinski definition) is 2. The second kappa shape index (κ2) is 5.74. The van der Waals surface area contributed by atoms with Crippen LogP contribution in [0.5, 0.6) is 0 Å². The molecule has 0 spiro atoms. The number of aliphatic hydroxyl groups is 1. The van der Waals surface area contributed by atoms with Crippen molar-refractivity contribution in [2.75, 3.05) is 18.1 Å². The molecule has 0 radical (unpaired) electrons. The fourth-order valence-electron chi connectivity index (χ4n) is 1.97. The number of halogens is 1. The minimum absolute atomic E-state index is 0.266. The van der Waals surface area contributed by atoms with Crippen LogP contribution in [0.25, 0.3) is 0 Å². The van der Waals surface area contributed by atoms with Crippen LogP contribution in [0.4, 0.5) is 0 Å². The first kappa shape index (κ1) is 13.4. The van der Waals surface area contributed by atoms with E-state index in [1.54, 1.807) is 0 Å². The van der Waals surface area contributed by atoms with Gasteiger partial charge in [-0.1, -0.05) is 28.1 Å². The monoisotopic (exact) mass is 315 g/mol. The predicted molar refractivity (Wildman–Crippen MR) is 77.5 cm³/mol. The highest BCUT2D eigenvalue weighted by Gasteiger charge is 2.31. The largest absolute Gasteiger partial charge is 0.388 e. The van der Waals surface area contributed by atoms with E-state index < -0.39 is 5.60 Å². The van der Waals surface area contributed by atoms with E-state index in [4.69, 9.17) is 0 Å². The van der Waals surface area contributed by atoms with E-state index >= 15 is 0 Å². The van der Waals surface area contributed by atoms with Gasteiger partial charge in [-0.15, -0.1) is 0 Å². The number of thioether (sulfide) groups is 1. The second-order valence-electron chi connectivity index (χ2n) is 4.68. The van der Waals surface area contributed by atoms with Crippen LogP contribution in [-0.4, -0.2) is 28.8 Å². The molecule has 4 heteroatoms. The van der Waals surface area contributed by atoms with E-state index in [9.17, 15) is 5.11 Å². The first-order valence-electron chi connectivity index (χ1n) is 5.88. The Bertz CT molecular complexity index is 379. The van der Waals surface area contributed by atoms with Crippen molar-refractivity contribution < 1.29 is 5.11 Å². The fraction of sp³-hybridized carbons (Fsp3) is 0.538. The molecule has 0 aliphatic carbocycles. The third-order valence-corrected chi connectivity index (χ3v) is 4.90. The summed E-state index contributed by atoms with van der Waals surface area (Å²) in [5.74, 6) is 1.93. The highest BCUT2D eigenvalue weighted by Crippen LogP contribution is 2.28. The van der Waals surface area contributed by atoms with Gasteiger partial charge in [-0.2, -0.15) is 11.8 Å². The molecular formula is C13H18BrNOS. The van der Waals surface area contributed by atoms with Crippen LogP contribution in [0.1, 0.15) is 24.9 Å². The fourth-order valence-corrected chi connectivity index (χ4v) is 3.68. The molecule has 0 saturated carbocycles. The van der Waals surface area contributed by atoms with E-state index in [-0.39, 0.29) is 6.04 Å². The topological polar surface area (TPSA) is 32.3 Å². The molecule has 94 valence electrons. The average molecular weight is 316 g/mol. The van der Waals surface area contributed by atoms with Gasteiger partial charge in [0.25, 0.3) is 0 Å². The Morgan fingerprint density at radius 2 is 2.41 bits per heavy atom. The first-order valence-corrected chi connectivity index (χ1v) is 7.83. The third kappa shape index (κ3) is 3.71. The lowest BCUT2D eigenvalue weighted by Gasteiger charge is -2.24. The van der Waals surface area contributed by atoms with Gasteiger partial charge in [0.15, 0.2) is 0 Å². The maximum Gasteiger partial charge on any atom is 0.0869 e. The number of nitrogens with one attached hydrogen (secondary N) is 1. The third-order valence-electron chi connectivity index (χ3n) is 3.17. The van der Waals surface area contributed by atoms with Crippen molar-refractivity contribution in [3.8, 4) is 0 Å². The molecule has 0 bridgehead atoms. The predicted octanol–water partition coefficient (Wildman–Crippen LogP) is 2.97. The minimum atomic E-state index is -0.509. The van der Waals surface area contributed by atoms with Crippen LogP contribution < -0.4 is 5.32 Å². The lowest BCUT2D eigenvalue weighted by Crippen LogP contribution is -2.41. The lowest BCUT2D eigenvalue weighted by atomic mass is 10.0. The molecule has 0 aromatic heterocycles. The summed E-state index contributed by atoms with van der Waals surface area (Å²) >= 11 is 5.31. The maximum atomic E-state index is 10.2. The van der Waals surface area contributed by atoms with Gasteiger partial charge in [0.05, 0.1) is 5.60 Å². The molecule has 1 saturated heterocycles. The second-order valence-corrected chi connectivity index (χ2v) is 6.71. The lowest BCUT2D eigenvalue weighted by molar-refractivity contribution is 0.0651. The summed E-state index contributed by atoms with van der Waals surface area (Å²) < 4.78 is 1.10. The van der Waals surface area contributed by atoms with Crippen LogP contribution >= 0.6 is 27.7 Å². The van der Waals surface area contributed by atoms with Crippen LogP contribution in [0.15, 0.2) is 28.7 Å². The minimum Gasteiger partial charge on any atom is -0.388 e. The zero-order chi connectivity index (χ0) is 12.3. The van der Waals surface area contributed by atoms with Crippen molar-refractivity contribution >= 4 is 27.7 Å². The van der Waals surface area contributed by atoms with Gasteiger partial charge in [-0.25, -0.2) is 0 Å². The summed E-state index contributed by atoms with van der Waals surface area (Å²) in [6, 6.07) is 8.55. The van der Waals surface area contributed by atoms with Crippen LogP contribution in [0.3, 0.4) is 0 Å². The van der Waals surface area contributed by atoms with Gasteiger partial charge in [0.1, 0.15) is 0 Å². The van der Waals surface area contributed by atoms with Crippen LogP contribution in [0.2, 0.25) is 0 Å². The Hall–Kier alpha value is -0.0300. The molecule has 17 heavy (non-hydrogen) atoms. The molecule has 2 nitrogen and oxygen atoms in total. The van der Waals surface area contributed by atoms with Gasteiger partial charge in [-0.3, -0.25) is 0 Å². The molecule has 1 fully saturated rings. The molecule has 2 atom stereocenters. The van der Waals surface area contributed by atoms with Crippen LogP contribution in [0, 0.1) is 0 Å². The van der Waals surface area contributed by atoms with Gasteiger partial charge < -0.3 is 10.4 Å². The Balaban J connectivity index is 1.91. The van der Waals surface area contributed by atoms with Gasteiger partial charge >= 0.3 is 0 Å². The molecule has 1 aromatic rings. The maximum absolute atomic E-state index is 10.2. The molecule has 2 N–H and O–H groups in total. The first-order chi connectivity index (χ1) is 8.09. The van der Waals surface area contributed by atoms with Crippen molar-refractivity contribution in [3.63, 3.8) is 0 Å². The SMILES string of the molecule is CC(NCC1(O)CCSC1)c1cccc(Br)c1. The van der Waals surface area contributed by atoms with Crippen LogP contribution in [-0.2, 0) is 0 Å². The molecule has 1 aromatic carbocycles. The van der Waals surface area contributed by atoms with E-state index in [0.717, 1.165) is 22.4 Å². The number of benzene rings is 1. The van der Waals surface area contributed by atoms with E-state index in [0.29, 0.717) is 6.54 Å². The highest BCUT2D eigenvalue weighted by molar-refractivity contribution is 9.10. The zero-order valence-electron chi connectivity index (χ0n) is 9.95. The van der Waals surface area contributed by atoms with Crippen molar-refractivity contribution in [3.05, 3.63) is 34.3 Å². The van der Waals surface area contributed by atoms with E-state index in [1.165, 1.54) is 5.56 Å². The Kier molecular flexibility index (Phi) is 4.53. The summed E-state index contributed by atoms with van der Waals surface area (Å²) in [5, 5.41) is 13.7. The standard InChI is InChI=1S/C13H18BrNOS/c1-10(11-3-2-4-12(14)7-11)15-8-13(16)5-6-17-9-13/h2-4,7,10,15-16H,5-6,8-9H2,1H3. The van der Waals surface area contributed by atoms with Gasteiger partial charge in [-0.05, 0) is 36.8 Å². The molecular weight excluding hydrogens is 298 g/mol. The molecule has 1 aliphatic heterocycles. The zero-order valence-corrected chi connectivity index (χ0v) is 12.4. The number of hydrogen-bond acceptors (Lipinski definition) is 3. The average Bonchev–Trinajstić information content (AvgIpc) is 2.74. The van der Waals surface area contributed by atoms with Gasteiger partial charge in [0, 0.05) is 22.8 Å². The van der Waals surface area contributed by atoms with Crippen molar-refractivity contribution in [2.24, 2.45) is 0 Å². The Labute approximate surface area is 115 Å². The Morgan fingerprint density at radius 3 is 3.06 bits per heavy atom. The van der Waals surface area contributed by atoms with Gasteiger partial charge in [0.2, 0.25) is 0 Å². The summed E-state index contributed by atoms with van der Waals surface area (Å²) in [6.45, 7) is 2.81. The molecule has 1 aliphatic rings. The van der Waals surface area contributed by atoms with E-state index in [1.807, 2.05) is 23.9 Å². The molecule has 1 heterocycles. The smallest absolute Gasteiger partial charge is 0.0869 e.